The smallest absolute Gasteiger partial charge is 0.410 e. The Labute approximate surface area is 187 Å². The van der Waals surface area contributed by atoms with Crippen molar-refractivity contribution in [3.63, 3.8) is 0 Å². The van der Waals surface area contributed by atoms with E-state index in [4.69, 9.17) is 4.74 Å². The van der Waals surface area contributed by atoms with Crippen molar-refractivity contribution in [3.8, 4) is 0 Å². The number of imidazole rings is 1. The SMILES string of the molecule is Cc1nc2sccn2c1C(=O)NCC[C@H](Cc1ccccc1)N(C)C(=O)OC(C)(C)C. The van der Waals surface area contributed by atoms with Gasteiger partial charge in [0.05, 0.1) is 5.69 Å². The van der Waals surface area contributed by atoms with Crippen LogP contribution in [0.4, 0.5) is 4.79 Å². The van der Waals surface area contributed by atoms with Gasteiger partial charge in [-0.25, -0.2) is 9.78 Å². The second-order valence-corrected chi connectivity index (χ2v) is 9.45. The fourth-order valence-electron chi connectivity index (χ4n) is 3.41. The highest BCUT2D eigenvalue weighted by molar-refractivity contribution is 7.15. The van der Waals surface area contributed by atoms with Crippen LogP contribution in [0.2, 0.25) is 0 Å². The lowest BCUT2D eigenvalue weighted by Crippen LogP contribution is -2.43. The number of ether oxygens (including phenoxy) is 1. The van der Waals surface area contributed by atoms with Gasteiger partial charge in [0.15, 0.2) is 4.96 Å². The quantitative estimate of drug-likeness (QED) is 0.592. The maximum Gasteiger partial charge on any atom is 0.410 e. The highest BCUT2D eigenvalue weighted by Crippen LogP contribution is 2.18. The molecular weight excluding hydrogens is 412 g/mol. The van der Waals surface area contributed by atoms with E-state index in [2.05, 4.69) is 10.3 Å². The molecule has 0 unspecified atom stereocenters. The summed E-state index contributed by atoms with van der Waals surface area (Å²) in [6.45, 7) is 7.82. The van der Waals surface area contributed by atoms with Gasteiger partial charge in [0.2, 0.25) is 0 Å². The third kappa shape index (κ3) is 5.85. The first kappa shape index (κ1) is 22.8. The van der Waals surface area contributed by atoms with E-state index in [1.54, 1.807) is 11.9 Å². The minimum absolute atomic E-state index is 0.120. The maximum absolute atomic E-state index is 12.8. The van der Waals surface area contributed by atoms with Crippen molar-refractivity contribution in [1.82, 2.24) is 19.6 Å². The number of benzene rings is 1. The number of fused-ring (bicyclic) bond motifs is 1. The molecule has 31 heavy (non-hydrogen) atoms. The lowest BCUT2D eigenvalue weighted by Gasteiger charge is -2.31. The molecule has 0 saturated carbocycles. The number of rotatable bonds is 7. The number of likely N-dealkylation sites (N-methyl/N-ethyl adjacent to an activating group) is 1. The molecule has 0 radical (unpaired) electrons. The van der Waals surface area contributed by atoms with Crippen LogP contribution in [0.3, 0.4) is 0 Å². The molecule has 7 nitrogen and oxygen atoms in total. The third-order valence-electron chi connectivity index (χ3n) is 4.96. The monoisotopic (exact) mass is 442 g/mol. The van der Waals surface area contributed by atoms with Gasteiger partial charge in [0, 0.05) is 31.2 Å². The summed E-state index contributed by atoms with van der Waals surface area (Å²) in [6.07, 6.45) is 2.75. The normalized spacial score (nSPS) is 12.5. The molecule has 2 heterocycles. The van der Waals surface area contributed by atoms with Gasteiger partial charge in [0.25, 0.3) is 5.91 Å². The standard InChI is InChI=1S/C23H30N4O3S/c1-16-19(27-13-14-31-21(27)25-16)20(28)24-12-11-18(15-17-9-7-6-8-10-17)26(5)22(29)30-23(2,3)4/h6-10,13-14,18H,11-12,15H2,1-5H3,(H,24,28)/t18-/m1/s1. The molecule has 3 rings (SSSR count). The first-order valence-electron chi connectivity index (χ1n) is 10.4. The lowest BCUT2D eigenvalue weighted by atomic mass is 10.0. The summed E-state index contributed by atoms with van der Waals surface area (Å²) in [5, 5.41) is 4.90. The zero-order valence-corrected chi connectivity index (χ0v) is 19.5. The number of hydrogen-bond donors (Lipinski definition) is 1. The predicted octanol–water partition coefficient (Wildman–Crippen LogP) is 4.30. The van der Waals surface area contributed by atoms with E-state index in [9.17, 15) is 9.59 Å². The Morgan fingerprint density at radius 3 is 2.65 bits per heavy atom. The summed E-state index contributed by atoms with van der Waals surface area (Å²) in [6, 6.07) is 9.89. The average molecular weight is 443 g/mol. The molecule has 0 aliphatic carbocycles. The molecule has 8 heteroatoms. The van der Waals surface area contributed by atoms with E-state index in [-0.39, 0.29) is 18.0 Å². The second kappa shape index (κ2) is 9.51. The average Bonchev–Trinajstić information content (AvgIpc) is 3.25. The molecule has 0 bridgehead atoms. The number of aromatic nitrogens is 2. The van der Waals surface area contributed by atoms with Crippen LogP contribution in [0.15, 0.2) is 41.9 Å². The van der Waals surface area contributed by atoms with Crippen LogP contribution in [-0.2, 0) is 11.2 Å². The number of nitrogens with zero attached hydrogens (tertiary/aromatic N) is 3. The summed E-state index contributed by atoms with van der Waals surface area (Å²) in [7, 11) is 1.75. The van der Waals surface area contributed by atoms with Gasteiger partial charge in [-0.2, -0.15) is 0 Å². The molecule has 2 amide bonds. The third-order valence-corrected chi connectivity index (χ3v) is 5.71. The highest BCUT2D eigenvalue weighted by atomic mass is 32.1. The van der Waals surface area contributed by atoms with Gasteiger partial charge in [-0.3, -0.25) is 9.20 Å². The summed E-state index contributed by atoms with van der Waals surface area (Å²) in [5.41, 5.74) is 1.82. The van der Waals surface area contributed by atoms with Crippen LogP contribution >= 0.6 is 11.3 Å². The molecular formula is C23H30N4O3S. The van der Waals surface area contributed by atoms with Gasteiger partial charge < -0.3 is 15.0 Å². The molecule has 0 spiro atoms. The van der Waals surface area contributed by atoms with Crippen molar-refractivity contribution < 1.29 is 14.3 Å². The first-order valence-corrected chi connectivity index (χ1v) is 11.2. The molecule has 1 aromatic carbocycles. The Hall–Kier alpha value is -2.87. The van der Waals surface area contributed by atoms with Crippen LogP contribution < -0.4 is 5.32 Å². The Morgan fingerprint density at radius 2 is 1.97 bits per heavy atom. The minimum atomic E-state index is -0.567. The van der Waals surface area contributed by atoms with Crippen molar-refractivity contribution in [1.29, 1.82) is 0 Å². The molecule has 0 saturated heterocycles. The van der Waals surface area contributed by atoms with Gasteiger partial charge in [-0.05, 0) is 46.1 Å². The van der Waals surface area contributed by atoms with Crippen LogP contribution in [0, 0.1) is 6.92 Å². The molecule has 3 aromatic rings. The Balaban J connectivity index is 1.67. The number of carbonyl (C=O) groups is 2. The van der Waals surface area contributed by atoms with Crippen molar-refractivity contribution in [2.45, 2.75) is 52.2 Å². The minimum Gasteiger partial charge on any atom is -0.444 e. The number of nitrogens with one attached hydrogen (secondary N) is 1. The Bertz CT molecular complexity index is 1040. The van der Waals surface area contributed by atoms with E-state index in [0.29, 0.717) is 30.8 Å². The largest absolute Gasteiger partial charge is 0.444 e. The second-order valence-electron chi connectivity index (χ2n) is 8.58. The van der Waals surface area contributed by atoms with Crippen LogP contribution in [-0.4, -0.2) is 51.5 Å². The molecule has 1 atom stereocenters. The number of thiazole rings is 1. The molecule has 0 fully saturated rings. The number of aryl methyl sites for hydroxylation is 1. The first-order chi connectivity index (χ1) is 14.7. The highest BCUT2D eigenvalue weighted by Gasteiger charge is 2.26. The zero-order chi connectivity index (χ0) is 22.6. The van der Waals surface area contributed by atoms with Crippen LogP contribution in [0.5, 0.6) is 0 Å². The van der Waals surface area contributed by atoms with E-state index in [0.717, 1.165) is 10.5 Å². The van der Waals surface area contributed by atoms with Gasteiger partial charge in [0.1, 0.15) is 11.3 Å². The van der Waals surface area contributed by atoms with Gasteiger partial charge in [-0.15, -0.1) is 11.3 Å². The molecule has 2 aromatic heterocycles. The number of carbonyl (C=O) groups excluding carboxylic acids is 2. The van der Waals surface area contributed by atoms with Crippen molar-refractivity contribution in [3.05, 3.63) is 58.9 Å². The topological polar surface area (TPSA) is 75.9 Å². The van der Waals surface area contributed by atoms with Gasteiger partial charge >= 0.3 is 6.09 Å². The Morgan fingerprint density at radius 1 is 1.26 bits per heavy atom. The summed E-state index contributed by atoms with van der Waals surface area (Å²) in [5.74, 6) is -0.165. The molecule has 1 N–H and O–H groups in total. The predicted molar refractivity (Wildman–Crippen MR) is 123 cm³/mol. The van der Waals surface area contributed by atoms with E-state index >= 15 is 0 Å². The fraction of sp³-hybridized carbons (Fsp3) is 0.435. The maximum atomic E-state index is 12.8. The summed E-state index contributed by atoms with van der Waals surface area (Å²) in [4.78, 5) is 32.3. The molecule has 0 aliphatic heterocycles. The summed E-state index contributed by atoms with van der Waals surface area (Å²) < 4.78 is 7.36. The fourth-order valence-corrected chi connectivity index (χ4v) is 4.17. The summed E-state index contributed by atoms with van der Waals surface area (Å²) >= 11 is 1.50. The van der Waals surface area contributed by atoms with Crippen LogP contribution in [0.25, 0.3) is 4.96 Å². The lowest BCUT2D eigenvalue weighted by molar-refractivity contribution is 0.0215. The van der Waals surface area contributed by atoms with Crippen molar-refractivity contribution in [2.24, 2.45) is 0 Å². The van der Waals surface area contributed by atoms with Crippen molar-refractivity contribution >= 4 is 28.3 Å². The molecule has 166 valence electrons. The number of hydrogen-bond acceptors (Lipinski definition) is 5. The van der Waals surface area contributed by atoms with Gasteiger partial charge in [-0.1, -0.05) is 30.3 Å². The van der Waals surface area contributed by atoms with Crippen molar-refractivity contribution in [2.75, 3.05) is 13.6 Å². The van der Waals surface area contributed by atoms with E-state index in [1.165, 1.54) is 11.3 Å². The molecule has 0 aliphatic rings. The van der Waals surface area contributed by atoms with E-state index < -0.39 is 5.60 Å². The van der Waals surface area contributed by atoms with Crippen LogP contribution in [0.1, 0.15) is 48.9 Å². The Kier molecular flexibility index (Phi) is 7.00. The van der Waals surface area contributed by atoms with E-state index in [1.807, 2.05) is 74.0 Å². The number of amides is 2. The zero-order valence-electron chi connectivity index (χ0n) is 18.7.